The summed E-state index contributed by atoms with van der Waals surface area (Å²) in [4.78, 5) is 4.25. The highest BCUT2D eigenvalue weighted by molar-refractivity contribution is 6.30. The molecule has 1 heterocycles. The fourth-order valence-electron chi connectivity index (χ4n) is 2.14. The normalized spacial score (nSPS) is 12.2. The van der Waals surface area contributed by atoms with Crippen molar-refractivity contribution >= 4 is 11.6 Å². The van der Waals surface area contributed by atoms with Crippen molar-refractivity contribution < 1.29 is 4.74 Å². The van der Waals surface area contributed by atoms with Crippen molar-refractivity contribution in [3.8, 4) is 5.88 Å². The van der Waals surface area contributed by atoms with Gasteiger partial charge in [-0.3, -0.25) is 0 Å². The Balaban J connectivity index is 2.13. The van der Waals surface area contributed by atoms with Crippen LogP contribution in [0.1, 0.15) is 24.1 Å². The summed E-state index contributed by atoms with van der Waals surface area (Å²) in [6.07, 6.45) is 2.74. The van der Waals surface area contributed by atoms with E-state index in [1.54, 1.807) is 7.11 Å². The highest BCUT2D eigenvalue weighted by Gasteiger charge is 2.11. The molecule has 0 aliphatic rings. The topological polar surface area (TPSA) is 34.1 Å². The second kappa shape index (κ2) is 7.27. The Hall–Kier alpha value is -1.58. The number of nitrogens with one attached hydrogen (secondary N) is 1. The van der Waals surface area contributed by atoms with Crippen LogP contribution >= 0.6 is 11.6 Å². The summed E-state index contributed by atoms with van der Waals surface area (Å²) in [5.41, 5.74) is 2.40. The first-order valence-corrected chi connectivity index (χ1v) is 7.08. The minimum atomic E-state index is 0.257. The Morgan fingerprint density at radius 2 is 1.95 bits per heavy atom. The summed E-state index contributed by atoms with van der Waals surface area (Å²) in [5, 5.41) is 4.25. The number of nitrogens with zero attached hydrogens (tertiary/aromatic N) is 1. The van der Waals surface area contributed by atoms with Gasteiger partial charge in [-0.1, -0.05) is 36.7 Å². The molecule has 0 aliphatic carbocycles. The summed E-state index contributed by atoms with van der Waals surface area (Å²) in [6.45, 7) is 3.02. The standard InChI is InChI=1S/C16H19ClN2O/c1-3-18-15(13-5-7-14(17)8-6-13)10-12-4-9-16(20-2)19-11-12/h4-9,11,15,18H,3,10H2,1-2H3. The number of hydrogen-bond acceptors (Lipinski definition) is 3. The van der Waals surface area contributed by atoms with Crippen LogP contribution in [-0.2, 0) is 6.42 Å². The van der Waals surface area contributed by atoms with Crippen molar-refractivity contribution in [2.75, 3.05) is 13.7 Å². The van der Waals surface area contributed by atoms with E-state index in [-0.39, 0.29) is 6.04 Å². The number of aromatic nitrogens is 1. The van der Waals surface area contributed by atoms with Gasteiger partial charge in [-0.25, -0.2) is 4.98 Å². The van der Waals surface area contributed by atoms with Crippen LogP contribution in [0.2, 0.25) is 5.02 Å². The molecule has 1 unspecified atom stereocenters. The van der Waals surface area contributed by atoms with Crippen LogP contribution < -0.4 is 10.1 Å². The lowest BCUT2D eigenvalue weighted by Crippen LogP contribution is -2.22. The van der Waals surface area contributed by atoms with E-state index in [1.807, 2.05) is 30.5 Å². The first kappa shape index (κ1) is 14.8. The highest BCUT2D eigenvalue weighted by atomic mass is 35.5. The number of pyridine rings is 1. The predicted molar refractivity (Wildman–Crippen MR) is 82.4 cm³/mol. The summed E-state index contributed by atoms with van der Waals surface area (Å²) in [7, 11) is 1.62. The van der Waals surface area contributed by atoms with E-state index in [0.717, 1.165) is 18.0 Å². The Kier molecular flexibility index (Phi) is 5.39. The molecule has 1 atom stereocenters. The van der Waals surface area contributed by atoms with E-state index in [1.165, 1.54) is 11.1 Å². The molecule has 0 radical (unpaired) electrons. The van der Waals surface area contributed by atoms with Gasteiger partial charge >= 0.3 is 0 Å². The third-order valence-corrected chi connectivity index (χ3v) is 3.42. The average molecular weight is 291 g/mol. The van der Waals surface area contributed by atoms with E-state index >= 15 is 0 Å². The molecule has 106 valence electrons. The molecular formula is C16H19ClN2O. The number of halogens is 1. The van der Waals surface area contributed by atoms with Gasteiger partial charge in [0.15, 0.2) is 0 Å². The minimum absolute atomic E-state index is 0.257. The number of likely N-dealkylation sites (N-methyl/N-ethyl adjacent to an activating group) is 1. The molecule has 0 aliphatic heterocycles. The summed E-state index contributed by atoms with van der Waals surface area (Å²) in [5.74, 6) is 0.639. The van der Waals surface area contributed by atoms with Crippen molar-refractivity contribution in [3.63, 3.8) is 0 Å². The Labute approximate surface area is 124 Å². The summed E-state index contributed by atoms with van der Waals surface area (Å²) in [6, 6.07) is 12.2. The Morgan fingerprint density at radius 1 is 1.20 bits per heavy atom. The van der Waals surface area contributed by atoms with Crippen LogP contribution in [0.5, 0.6) is 5.88 Å². The van der Waals surface area contributed by atoms with Crippen molar-refractivity contribution in [2.24, 2.45) is 0 Å². The van der Waals surface area contributed by atoms with Gasteiger partial charge in [-0.05, 0) is 36.2 Å². The Morgan fingerprint density at radius 3 is 2.50 bits per heavy atom. The molecule has 1 aromatic heterocycles. The van der Waals surface area contributed by atoms with Gasteiger partial charge < -0.3 is 10.1 Å². The van der Waals surface area contributed by atoms with Gasteiger partial charge in [-0.2, -0.15) is 0 Å². The molecule has 4 heteroatoms. The zero-order valence-corrected chi connectivity index (χ0v) is 12.5. The third-order valence-electron chi connectivity index (χ3n) is 3.17. The predicted octanol–water partition coefficient (Wildman–Crippen LogP) is 3.64. The number of rotatable bonds is 6. The van der Waals surface area contributed by atoms with Crippen LogP contribution in [0.15, 0.2) is 42.6 Å². The monoisotopic (exact) mass is 290 g/mol. The van der Waals surface area contributed by atoms with Crippen molar-refractivity contribution in [1.82, 2.24) is 10.3 Å². The number of benzene rings is 1. The molecule has 0 amide bonds. The average Bonchev–Trinajstić information content (AvgIpc) is 2.48. The second-order valence-corrected chi connectivity index (χ2v) is 5.01. The molecule has 0 saturated heterocycles. The van der Waals surface area contributed by atoms with E-state index in [9.17, 15) is 0 Å². The smallest absolute Gasteiger partial charge is 0.212 e. The van der Waals surface area contributed by atoms with E-state index in [0.29, 0.717) is 5.88 Å². The molecule has 1 aromatic carbocycles. The van der Waals surface area contributed by atoms with Crippen molar-refractivity contribution in [3.05, 3.63) is 58.7 Å². The molecular weight excluding hydrogens is 272 g/mol. The van der Waals surface area contributed by atoms with Gasteiger partial charge in [-0.15, -0.1) is 0 Å². The molecule has 2 aromatic rings. The Bertz CT molecular complexity index is 525. The van der Waals surface area contributed by atoms with E-state index < -0.39 is 0 Å². The van der Waals surface area contributed by atoms with Crippen LogP contribution in [0, 0.1) is 0 Å². The van der Waals surface area contributed by atoms with Crippen LogP contribution in [0.25, 0.3) is 0 Å². The molecule has 1 N–H and O–H groups in total. The zero-order chi connectivity index (χ0) is 14.4. The van der Waals surface area contributed by atoms with Crippen LogP contribution in [0.3, 0.4) is 0 Å². The highest BCUT2D eigenvalue weighted by Crippen LogP contribution is 2.21. The number of ether oxygens (including phenoxy) is 1. The third kappa shape index (κ3) is 3.95. The lowest BCUT2D eigenvalue weighted by atomic mass is 10.00. The van der Waals surface area contributed by atoms with Crippen molar-refractivity contribution in [2.45, 2.75) is 19.4 Å². The zero-order valence-electron chi connectivity index (χ0n) is 11.8. The number of methoxy groups -OCH3 is 1. The van der Waals surface area contributed by atoms with Crippen LogP contribution in [0.4, 0.5) is 0 Å². The summed E-state index contributed by atoms with van der Waals surface area (Å²) >= 11 is 5.94. The second-order valence-electron chi connectivity index (χ2n) is 4.57. The largest absolute Gasteiger partial charge is 0.481 e. The maximum atomic E-state index is 5.94. The lowest BCUT2D eigenvalue weighted by Gasteiger charge is -2.18. The van der Waals surface area contributed by atoms with Gasteiger partial charge in [0.25, 0.3) is 0 Å². The SMILES string of the molecule is CCNC(Cc1ccc(OC)nc1)c1ccc(Cl)cc1. The molecule has 0 spiro atoms. The van der Waals surface area contributed by atoms with Gasteiger partial charge in [0.1, 0.15) is 0 Å². The van der Waals surface area contributed by atoms with Gasteiger partial charge in [0.2, 0.25) is 5.88 Å². The van der Waals surface area contributed by atoms with Gasteiger partial charge in [0, 0.05) is 23.3 Å². The van der Waals surface area contributed by atoms with E-state index in [4.69, 9.17) is 16.3 Å². The summed E-state index contributed by atoms with van der Waals surface area (Å²) < 4.78 is 5.08. The minimum Gasteiger partial charge on any atom is -0.481 e. The maximum Gasteiger partial charge on any atom is 0.212 e. The molecule has 0 bridgehead atoms. The molecule has 0 fully saturated rings. The molecule has 3 nitrogen and oxygen atoms in total. The molecule has 20 heavy (non-hydrogen) atoms. The van der Waals surface area contributed by atoms with Crippen LogP contribution in [-0.4, -0.2) is 18.6 Å². The lowest BCUT2D eigenvalue weighted by molar-refractivity contribution is 0.397. The quantitative estimate of drug-likeness (QED) is 0.882. The first-order valence-electron chi connectivity index (χ1n) is 6.70. The first-order chi connectivity index (χ1) is 9.72. The van der Waals surface area contributed by atoms with Crippen molar-refractivity contribution in [1.29, 1.82) is 0 Å². The fraction of sp³-hybridized carbons (Fsp3) is 0.312. The van der Waals surface area contributed by atoms with Gasteiger partial charge in [0.05, 0.1) is 7.11 Å². The van der Waals surface area contributed by atoms with E-state index in [2.05, 4.69) is 29.4 Å². The maximum absolute atomic E-state index is 5.94. The molecule has 2 rings (SSSR count). The molecule has 0 saturated carbocycles. The number of hydrogen-bond donors (Lipinski definition) is 1. The fourth-order valence-corrected chi connectivity index (χ4v) is 2.26.